The maximum Gasteiger partial charge on any atom is 0.142 e. The third-order valence-corrected chi connectivity index (χ3v) is 3.78. The van der Waals surface area contributed by atoms with Gasteiger partial charge in [0.25, 0.3) is 0 Å². The summed E-state index contributed by atoms with van der Waals surface area (Å²) in [6.07, 6.45) is 4.40. The number of rotatable bonds is 4. The maximum atomic E-state index is 13.4. The van der Waals surface area contributed by atoms with Gasteiger partial charge >= 0.3 is 0 Å². The Morgan fingerprint density at radius 2 is 2.33 bits per heavy atom. The highest BCUT2D eigenvalue weighted by molar-refractivity contribution is 6.30. The molecular formula is C14H19ClFNO. The molecule has 0 amide bonds. The molecule has 4 heteroatoms. The van der Waals surface area contributed by atoms with Crippen molar-refractivity contribution in [1.29, 1.82) is 0 Å². The van der Waals surface area contributed by atoms with E-state index in [-0.39, 0.29) is 23.0 Å². The van der Waals surface area contributed by atoms with Crippen LogP contribution >= 0.6 is 11.6 Å². The smallest absolute Gasteiger partial charge is 0.142 e. The molecule has 0 aliphatic carbocycles. The van der Waals surface area contributed by atoms with Gasteiger partial charge in [0, 0.05) is 12.6 Å². The molecular weight excluding hydrogens is 253 g/mol. The van der Waals surface area contributed by atoms with Crippen molar-refractivity contribution in [3.63, 3.8) is 0 Å². The Bertz CT molecular complexity index is 393. The predicted molar refractivity (Wildman–Crippen MR) is 71.6 cm³/mol. The standard InChI is InChI=1S/C14H19ClFNO/c1-17-13(14-4-2-3-7-18-14)9-10-5-6-11(15)12(16)8-10/h5-6,8,13-14,17H,2-4,7,9H2,1H3. The van der Waals surface area contributed by atoms with Gasteiger partial charge in [-0.2, -0.15) is 0 Å². The van der Waals surface area contributed by atoms with Gasteiger partial charge in [0.15, 0.2) is 0 Å². The Labute approximate surface area is 112 Å². The second-order valence-electron chi connectivity index (χ2n) is 4.75. The first-order chi connectivity index (χ1) is 8.70. The molecule has 100 valence electrons. The van der Waals surface area contributed by atoms with Crippen molar-refractivity contribution in [3.05, 3.63) is 34.6 Å². The van der Waals surface area contributed by atoms with Crippen molar-refractivity contribution >= 4 is 11.6 Å². The highest BCUT2D eigenvalue weighted by Crippen LogP contribution is 2.21. The van der Waals surface area contributed by atoms with Gasteiger partial charge in [-0.05, 0) is 50.4 Å². The van der Waals surface area contributed by atoms with Crippen LogP contribution in [0.2, 0.25) is 5.02 Å². The summed E-state index contributed by atoms with van der Waals surface area (Å²) in [7, 11) is 1.93. The minimum absolute atomic E-state index is 0.175. The summed E-state index contributed by atoms with van der Waals surface area (Å²) in [5.74, 6) is -0.353. The monoisotopic (exact) mass is 271 g/mol. The van der Waals surface area contributed by atoms with Crippen LogP contribution in [0.25, 0.3) is 0 Å². The molecule has 1 aliphatic heterocycles. The van der Waals surface area contributed by atoms with Gasteiger partial charge in [-0.1, -0.05) is 17.7 Å². The molecule has 0 spiro atoms. The van der Waals surface area contributed by atoms with Gasteiger partial charge in [0.05, 0.1) is 11.1 Å². The molecule has 1 aliphatic rings. The van der Waals surface area contributed by atoms with Crippen LogP contribution in [0.15, 0.2) is 18.2 Å². The Balaban J connectivity index is 2.02. The van der Waals surface area contributed by atoms with Gasteiger partial charge in [0.2, 0.25) is 0 Å². The SMILES string of the molecule is CNC(Cc1ccc(Cl)c(F)c1)C1CCCCO1. The minimum atomic E-state index is -0.353. The zero-order valence-corrected chi connectivity index (χ0v) is 11.3. The van der Waals surface area contributed by atoms with Gasteiger partial charge in [-0.15, -0.1) is 0 Å². The normalized spacial score (nSPS) is 21.8. The van der Waals surface area contributed by atoms with Crippen molar-refractivity contribution in [2.75, 3.05) is 13.7 Å². The second-order valence-corrected chi connectivity index (χ2v) is 5.16. The lowest BCUT2D eigenvalue weighted by Gasteiger charge is -2.30. The Morgan fingerprint density at radius 1 is 1.50 bits per heavy atom. The summed E-state index contributed by atoms with van der Waals surface area (Å²) >= 11 is 5.68. The summed E-state index contributed by atoms with van der Waals surface area (Å²) in [5.41, 5.74) is 0.949. The maximum absolute atomic E-state index is 13.4. The Kier molecular flexibility index (Phi) is 4.98. The van der Waals surface area contributed by atoms with Crippen LogP contribution in [0.1, 0.15) is 24.8 Å². The fourth-order valence-electron chi connectivity index (χ4n) is 2.42. The number of hydrogen-bond donors (Lipinski definition) is 1. The largest absolute Gasteiger partial charge is 0.377 e. The molecule has 1 aromatic rings. The first-order valence-electron chi connectivity index (χ1n) is 6.43. The highest BCUT2D eigenvalue weighted by Gasteiger charge is 2.23. The Hall–Kier alpha value is -0.640. The van der Waals surface area contributed by atoms with Gasteiger partial charge < -0.3 is 10.1 Å². The zero-order valence-electron chi connectivity index (χ0n) is 10.6. The van der Waals surface area contributed by atoms with Crippen molar-refractivity contribution in [1.82, 2.24) is 5.32 Å². The third kappa shape index (κ3) is 3.44. The van der Waals surface area contributed by atoms with Crippen LogP contribution in [0, 0.1) is 5.82 Å². The van der Waals surface area contributed by atoms with E-state index in [2.05, 4.69) is 5.32 Å². The summed E-state index contributed by atoms with van der Waals surface area (Å²) in [5, 5.41) is 3.45. The molecule has 0 aromatic heterocycles. The van der Waals surface area contributed by atoms with E-state index in [4.69, 9.17) is 16.3 Å². The van der Waals surface area contributed by atoms with E-state index in [1.165, 1.54) is 12.5 Å². The average Bonchev–Trinajstić information content (AvgIpc) is 2.41. The van der Waals surface area contributed by atoms with Crippen molar-refractivity contribution in [3.8, 4) is 0 Å². The van der Waals surface area contributed by atoms with Crippen LogP contribution in [0.4, 0.5) is 4.39 Å². The van der Waals surface area contributed by atoms with Gasteiger partial charge in [-0.25, -0.2) is 4.39 Å². The number of hydrogen-bond acceptors (Lipinski definition) is 2. The molecule has 2 unspecified atom stereocenters. The van der Waals surface area contributed by atoms with E-state index in [9.17, 15) is 4.39 Å². The van der Waals surface area contributed by atoms with Crippen LogP contribution in [0.5, 0.6) is 0 Å². The molecule has 0 bridgehead atoms. The van der Waals surface area contributed by atoms with E-state index in [1.54, 1.807) is 6.07 Å². The molecule has 1 fully saturated rings. The van der Waals surface area contributed by atoms with Crippen molar-refractivity contribution in [2.24, 2.45) is 0 Å². The Morgan fingerprint density at radius 3 is 2.94 bits per heavy atom. The lowest BCUT2D eigenvalue weighted by molar-refractivity contribution is -0.00588. The number of benzene rings is 1. The molecule has 2 atom stereocenters. The van der Waals surface area contributed by atoms with Gasteiger partial charge in [0.1, 0.15) is 5.82 Å². The first kappa shape index (κ1) is 13.8. The molecule has 1 heterocycles. The van der Waals surface area contributed by atoms with E-state index in [0.717, 1.165) is 31.4 Å². The summed E-state index contributed by atoms with van der Waals surface area (Å²) in [6, 6.07) is 5.22. The molecule has 0 radical (unpaired) electrons. The summed E-state index contributed by atoms with van der Waals surface area (Å²) in [6.45, 7) is 0.831. The van der Waals surface area contributed by atoms with E-state index in [0.29, 0.717) is 0 Å². The van der Waals surface area contributed by atoms with E-state index >= 15 is 0 Å². The average molecular weight is 272 g/mol. The first-order valence-corrected chi connectivity index (χ1v) is 6.81. The molecule has 0 saturated carbocycles. The molecule has 2 nitrogen and oxygen atoms in total. The second kappa shape index (κ2) is 6.50. The number of nitrogens with one attached hydrogen (secondary N) is 1. The zero-order chi connectivity index (χ0) is 13.0. The van der Waals surface area contributed by atoms with Crippen LogP contribution in [-0.2, 0) is 11.2 Å². The fourth-order valence-corrected chi connectivity index (χ4v) is 2.54. The van der Waals surface area contributed by atoms with E-state index in [1.807, 2.05) is 13.1 Å². The van der Waals surface area contributed by atoms with Crippen molar-refractivity contribution < 1.29 is 9.13 Å². The quantitative estimate of drug-likeness (QED) is 0.908. The van der Waals surface area contributed by atoms with Gasteiger partial charge in [-0.3, -0.25) is 0 Å². The van der Waals surface area contributed by atoms with Crippen molar-refractivity contribution in [2.45, 2.75) is 37.8 Å². The molecule has 1 N–H and O–H groups in total. The minimum Gasteiger partial charge on any atom is -0.377 e. The highest BCUT2D eigenvalue weighted by atomic mass is 35.5. The molecule has 1 aromatic carbocycles. The summed E-state index contributed by atoms with van der Waals surface area (Å²) < 4.78 is 19.2. The predicted octanol–water partition coefficient (Wildman–Crippen LogP) is 3.18. The fraction of sp³-hybridized carbons (Fsp3) is 0.571. The lowest BCUT2D eigenvalue weighted by Crippen LogP contribution is -2.42. The van der Waals surface area contributed by atoms with E-state index < -0.39 is 0 Å². The number of likely N-dealkylation sites (N-methyl/N-ethyl adjacent to an activating group) is 1. The van der Waals surface area contributed by atoms with Crippen LogP contribution in [-0.4, -0.2) is 25.8 Å². The molecule has 18 heavy (non-hydrogen) atoms. The van der Waals surface area contributed by atoms with Crippen LogP contribution in [0.3, 0.4) is 0 Å². The number of ether oxygens (including phenoxy) is 1. The number of halogens is 2. The third-order valence-electron chi connectivity index (χ3n) is 3.47. The van der Waals surface area contributed by atoms with Crippen LogP contribution < -0.4 is 5.32 Å². The molecule has 1 saturated heterocycles. The summed E-state index contributed by atoms with van der Waals surface area (Å²) in [4.78, 5) is 0. The molecule has 2 rings (SSSR count). The topological polar surface area (TPSA) is 21.3 Å². The lowest BCUT2D eigenvalue weighted by atomic mass is 9.96.